The summed E-state index contributed by atoms with van der Waals surface area (Å²) in [6, 6.07) is 5.63. The van der Waals surface area contributed by atoms with Gasteiger partial charge >= 0.3 is 0 Å². The van der Waals surface area contributed by atoms with E-state index in [1.54, 1.807) is 0 Å². The van der Waals surface area contributed by atoms with Gasteiger partial charge < -0.3 is 0 Å². The molecule has 100 valence electrons. The Labute approximate surface area is 122 Å². The molecule has 0 saturated heterocycles. The molecule has 2 heterocycles. The van der Waals surface area contributed by atoms with E-state index in [1.807, 2.05) is 18.2 Å². The number of carbonyl (C=O) groups excluding carboxylic acids is 1. The molecule has 0 saturated carbocycles. The Balaban J connectivity index is 2.27. The summed E-state index contributed by atoms with van der Waals surface area (Å²) in [7, 11) is 0. The molecule has 1 aromatic carbocycles. The average molecular weight is 333 g/mol. The Kier molecular flexibility index (Phi) is 3.15. The van der Waals surface area contributed by atoms with Crippen LogP contribution in [0.5, 0.6) is 0 Å². The highest BCUT2D eigenvalue weighted by Gasteiger charge is 2.13. The predicted molar refractivity (Wildman–Crippen MR) is 76.9 cm³/mol. The predicted octanol–water partition coefficient (Wildman–Crippen LogP) is 2.14. The van der Waals surface area contributed by atoms with Crippen LogP contribution >= 0.6 is 15.9 Å². The van der Waals surface area contributed by atoms with Gasteiger partial charge in [-0.2, -0.15) is 5.10 Å². The highest BCUT2D eigenvalue weighted by molar-refractivity contribution is 9.10. The van der Waals surface area contributed by atoms with Crippen molar-refractivity contribution in [2.24, 2.45) is 0 Å². The third-order valence-corrected chi connectivity index (χ3v) is 3.08. The van der Waals surface area contributed by atoms with E-state index in [4.69, 9.17) is 0 Å². The van der Waals surface area contributed by atoms with Gasteiger partial charge in [0, 0.05) is 16.8 Å². The second-order valence-corrected chi connectivity index (χ2v) is 4.99. The lowest BCUT2D eigenvalue weighted by atomic mass is 10.2. The largest absolute Gasteiger partial charge is 0.295 e. The van der Waals surface area contributed by atoms with E-state index in [-0.39, 0.29) is 11.9 Å². The van der Waals surface area contributed by atoms with Crippen LogP contribution in [0.4, 0.5) is 5.95 Å². The van der Waals surface area contributed by atoms with Crippen molar-refractivity contribution in [2.45, 2.75) is 6.92 Å². The van der Waals surface area contributed by atoms with Gasteiger partial charge in [-0.1, -0.05) is 15.9 Å². The van der Waals surface area contributed by atoms with E-state index in [9.17, 15) is 4.79 Å². The molecule has 0 aliphatic heterocycles. The van der Waals surface area contributed by atoms with Crippen molar-refractivity contribution in [3.63, 3.8) is 0 Å². The number of aromatic amines is 1. The van der Waals surface area contributed by atoms with Crippen LogP contribution in [0, 0.1) is 0 Å². The first kappa shape index (κ1) is 12.7. The molecule has 0 atom stereocenters. The lowest BCUT2D eigenvalue weighted by Crippen LogP contribution is -2.10. The van der Waals surface area contributed by atoms with E-state index >= 15 is 0 Å². The summed E-state index contributed by atoms with van der Waals surface area (Å²) >= 11 is 3.40. The Hall–Kier alpha value is -2.35. The first-order valence-electron chi connectivity index (χ1n) is 5.74. The summed E-state index contributed by atoms with van der Waals surface area (Å²) in [6.07, 6.45) is 1.40. The molecule has 1 amide bonds. The molecule has 7 nitrogen and oxygen atoms in total. The summed E-state index contributed by atoms with van der Waals surface area (Å²) in [5, 5.41) is 9.98. The smallest absolute Gasteiger partial charge is 0.230 e. The number of H-pyrrole nitrogens is 1. The first-order valence-corrected chi connectivity index (χ1v) is 6.53. The molecule has 0 fully saturated rings. The van der Waals surface area contributed by atoms with Crippen molar-refractivity contribution in [1.82, 2.24) is 25.1 Å². The number of halogens is 1. The molecule has 2 N–H and O–H groups in total. The van der Waals surface area contributed by atoms with Gasteiger partial charge in [0.15, 0.2) is 5.82 Å². The summed E-state index contributed by atoms with van der Waals surface area (Å²) in [5.41, 5.74) is 1.29. The molecular formula is C12H9BrN6O. The topological polar surface area (TPSA) is 96.5 Å². The highest BCUT2D eigenvalue weighted by atomic mass is 79.9. The van der Waals surface area contributed by atoms with Crippen molar-refractivity contribution < 1.29 is 4.79 Å². The van der Waals surface area contributed by atoms with Crippen molar-refractivity contribution >= 4 is 38.7 Å². The maximum atomic E-state index is 11.2. The van der Waals surface area contributed by atoms with Gasteiger partial charge in [0.05, 0.1) is 5.52 Å². The lowest BCUT2D eigenvalue weighted by Gasteiger charge is -2.07. The van der Waals surface area contributed by atoms with Gasteiger partial charge in [0.2, 0.25) is 11.9 Å². The second-order valence-electron chi connectivity index (χ2n) is 4.07. The van der Waals surface area contributed by atoms with Gasteiger partial charge in [-0.15, -0.1) is 0 Å². The molecule has 0 bridgehead atoms. The minimum Gasteiger partial charge on any atom is -0.295 e. The van der Waals surface area contributed by atoms with Crippen molar-refractivity contribution in [3.8, 4) is 11.5 Å². The van der Waals surface area contributed by atoms with E-state index in [0.717, 1.165) is 9.86 Å². The molecule has 3 aromatic rings. The third-order valence-electron chi connectivity index (χ3n) is 2.59. The molecule has 0 spiro atoms. The molecule has 20 heavy (non-hydrogen) atoms. The number of aromatic nitrogens is 5. The number of amides is 1. The fraction of sp³-hybridized carbons (Fsp3) is 0.0833. The fourth-order valence-corrected chi connectivity index (χ4v) is 2.17. The number of rotatable bonds is 2. The van der Waals surface area contributed by atoms with E-state index in [2.05, 4.69) is 46.4 Å². The standard InChI is InChI=1S/C12H9BrN6O/c1-6(20)16-12-17-9-4-7(13)2-3-8(9)10(18-12)11-14-5-15-19-11/h2-5H,1H3,(H,14,15,19)(H,16,17,18,20). The number of hydrogen-bond donors (Lipinski definition) is 2. The van der Waals surface area contributed by atoms with Gasteiger partial charge in [-0.3, -0.25) is 15.2 Å². The monoisotopic (exact) mass is 332 g/mol. The lowest BCUT2D eigenvalue weighted by molar-refractivity contribution is -0.114. The van der Waals surface area contributed by atoms with E-state index < -0.39 is 0 Å². The maximum absolute atomic E-state index is 11.2. The summed E-state index contributed by atoms with van der Waals surface area (Å²) in [5.74, 6) is 0.517. The van der Waals surface area contributed by atoms with Crippen molar-refractivity contribution in [2.75, 3.05) is 5.32 Å². The number of hydrogen-bond acceptors (Lipinski definition) is 5. The van der Waals surface area contributed by atoms with Crippen LogP contribution in [0.2, 0.25) is 0 Å². The highest BCUT2D eigenvalue weighted by Crippen LogP contribution is 2.26. The Morgan fingerprint density at radius 2 is 2.20 bits per heavy atom. The number of nitrogens with one attached hydrogen (secondary N) is 2. The van der Waals surface area contributed by atoms with Crippen LogP contribution in [0.3, 0.4) is 0 Å². The molecule has 0 unspecified atom stereocenters. The molecule has 2 aromatic heterocycles. The number of benzene rings is 1. The van der Waals surface area contributed by atoms with Crippen LogP contribution in [0.1, 0.15) is 6.92 Å². The van der Waals surface area contributed by atoms with Crippen LogP contribution in [0.15, 0.2) is 29.0 Å². The third kappa shape index (κ3) is 2.37. The SMILES string of the molecule is CC(=O)Nc1nc(-c2ncn[nH]2)c2ccc(Br)cc2n1. The number of nitrogens with zero attached hydrogens (tertiary/aromatic N) is 4. The number of carbonyl (C=O) groups is 1. The molecule has 0 aliphatic rings. The minimum absolute atomic E-state index is 0.231. The molecule has 0 radical (unpaired) electrons. The molecule has 3 rings (SSSR count). The zero-order chi connectivity index (χ0) is 14.1. The zero-order valence-electron chi connectivity index (χ0n) is 10.4. The number of fused-ring (bicyclic) bond motifs is 1. The molecule has 8 heteroatoms. The van der Waals surface area contributed by atoms with Gasteiger partial charge in [0.25, 0.3) is 0 Å². The normalized spacial score (nSPS) is 10.7. The second kappa shape index (κ2) is 4.97. The fourth-order valence-electron chi connectivity index (χ4n) is 1.82. The van der Waals surface area contributed by atoms with Crippen molar-refractivity contribution in [1.29, 1.82) is 0 Å². The van der Waals surface area contributed by atoms with E-state index in [0.29, 0.717) is 17.0 Å². The van der Waals surface area contributed by atoms with Crippen LogP contribution in [-0.4, -0.2) is 31.1 Å². The van der Waals surface area contributed by atoms with Gasteiger partial charge in [0.1, 0.15) is 12.0 Å². The van der Waals surface area contributed by atoms with Crippen molar-refractivity contribution in [3.05, 3.63) is 29.0 Å². The summed E-state index contributed by atoms with van der Waals surface area (Å²) < 4.78 is 0.890. The first-order chi connectivity index (χ1) is 9.63. The molecule has 0 aliphatic carbocycles. The van der Waals surface area contributed by atoms with Gasteiger partial charge in [-0.05, 0) is 18.2 Å². The zero-order valence-corrected chi connectivity index (χ0v) is 12.0. The van der Waals surface area contributed by atoms with Crippen LogP contribution < -0.4 is 5.32 Å². The average Bonchev–Trinajstić information content (AvgIpc) is 2.90. The van der Waals surface area contributed by atoms with E-state index in [1.165, 1.54) is 13.3 Å². The quantitative estimate of drug-likeness (QED) is 0.749. The number of anilines is 1. The van der Waals surface area contributed by atoms with Gasteiger partial charge in [-0.25, -0.2) is 15.0 Å². The Bertz CT molecular complexity index is 786. The van der Waals surface area contributed by atoms with Crippen LogP contribution in [0.25, 0.3) is 22.4 Å². The summed E-state index contributed by atoms with van der Waals surface area (Å²) in [6.45, 7) is 1.41. The summed E-state index contributed by atoms with van der Waals surface area (Å²) in [4.78, 5) is 23.9. The van der Waals surface area contributed by atoms with Crippen LogP contribution in [-0.2, 0) is 4.79 Å². The molecular weight excluding hydrogens is 324 g/mol. The maximum Gasteiger partial charge on any atom is 0.230 e. The minimum atomic E-state index is -0.233. The Morgan fingerprint density at radius 1 is 1.35 bits per heavy atom. The Morgan fingerprint density at radius 3 is 2.90 bits per heavy atom.